The van der Waals surface area contributed by atoms with Crippen LogP contribution in [0.4, 0.5) is 21.5 Å². The SMILES string of the molecule is C[C@H]1CC[C@H](NC(=O)c2cc(N)c(N)cc2N2CCC(F)CC2)CC1. The molecule has 1 aliphatic carbocycles. The van der Waals surface area contributed by atoms with Crippen molar-refractivity contribution in [3.8, 4) is 0 Å². The monoisotopic (exact) mass is 348 g/mol. The van der Waals surface area contributed by atoms with Crippen LogP contribution in [0.3, 0.4) is 0 Å². The highest BCUT2D eigenvalue weighted by atomic mass is 19.1. The van der Waals surface area contributed by atoms with Crippen molar-refractivity contribution in [3.05, 3.63) is 17.7 Å². The van der Waals surface area contributed by atoms with Gasteiger partial charge in [-0.15, -0.1) is 0 Å². The summed E-state index contributed by atoms with van der Waals surface area (Å²) in [5.74, 6) is 0.626. The summed E-state index contributed by atoms with van der Waals surface area (Å²) >= 11 is 0. The van der Waals surface area contributed by atoms with E-state index in [0.29, 0.717) is 42.9 Å². The van der Waals surface area contributed by atoms with Gasteiger partial charge in [-0.3, -0.25) is 4.79 Å². The molecule has 1 aromatic carbocycles. The van der Waals surface area contributed by atoms with Gasteiger partial charge in [0.1, 0.15) is 6.17 Å². The average molecular weight is 348 g/mol. The van der Waals surface area contributed by atoms with Crippen LogP contribution in [0.5, 0.6) is 0 Å². The van der Waals surface area contributed by atoms with Gasteiger partial charge in [-0.05, 0) is 56.6 Å². The number of nitrogens with zero attached hydrogens (tertiary/aromatic N) is 1. The second kappa shape index (κ2) is 7.50. The Bertz CT molecular complexity index is 620. The van der Waals surface area contributed by atoms with E-state index in [2.05, 4.69) is 12.2 Å². The summed E-state index contributed by atoms with van der Waals surface area (Å²) in [4.78, 5) is 14.9. The van der Waals surface area contributed by atoms with Gasteiger partial charge in [0.2, 0.25) is 0 Å². The molecule has 5 nitrogen and oxygen atoms in total. The van der Waals surface area contributed by atoms with Crippen molar-refractivity contribution in [1.29, 1.82) is 0 Å². The molecule has 0 aromatic heterocycles. The summed E-state index contributed by atoms with van der Waals surface area (Å²) in [6.45, 7) is 3.43. The maximum absolute atomic E-state index is 13.5. The minimum atomic E-state index is -0.760. The van der Waals surface area contributed by atoms with Gasteiger partial charge < -0.3 is 21.7 Å². The molecule has 1 aromatic rings. The van der Waals surface area contributed by atoms with Crippen molar-refractivity contribution in [2.24, 2.45) is 5.92 Å². The number of anilines is 3. The maximum atomic E-state index is 13.5. The molecule has 1 amide bonds. The van der Waals surface area contributed by atoms with Crippen molar-refractivity contribution in [3.63, 3.8) is 0 Å². The Kier molecular flexibility index (Phi) is 5.35. The van der Waals surface area contributed by atoms with Gasteiger partial charge in [0, 0.05) is 19.1 Å². The van der Waals surface area contributed by atoms with Crippen LogP contribution < -0.4 is 21.7 Å². The Morgan fingerprint density at radius 2 is 1.68 bits per heavy atom. The highest BCUT2D eigenvalue weighted by molar-refractivity contribution is 6.02. The number of carbonyl (C=O) groups excluding carboxylic acids is 1. The number of alkyl halides is 1. The first-order valence-corrected chi connectivity index (χ1v) is 9.33. The second-order valence-corrected chi connectivity index (χ2v) is 7.59. The average Bonchev–Trinajstić information content (AvgIpc) is 2.59. The van der Waals surface area contributed by atoms with Gasteiger partial charge in [-0.2, -0.15) is 0 Å². The summed E-state index contributed by atoms with van der Waals surface area (Å²) in [6.07, 6.45) is 4.51. The lowest BCUT2D eigenvalue weighted by molar-refractivity contribution is 0.0923. The molecule has 1 heterocycles. The number of carbonyl (C=O) groups is 1. The van der Waals surface area contributed by atoms with E-state index in [9.17, 15) is 9.18 Å². The van der Waals surface area contributed by atoms with E-state index in [0.717, 1.165) is 37.3 Å². The van der Waals surface area contributed by atoms with E-state index in [1.54, 1.807) is 12.1 Å². The number of piperidine rings is 1. The van der Waals surface area contributed by atoms with E-state index < -0.39 is 6.17 Å². The highest BCUT2D eigenvalue weighted by Gasteiger charge is 2.26. The van der Waals surface area contributed by atoms with Gasteiger partial charge in [-0.25, -0.2) is 4.39 Å². The fraction of sp³-hybridized carbons (Fsp3) is 0.632. The van der Waals surface area contributed by atoms with Crippen LogP contribution in [0.2, 0.25) is 0 Å². The number of rotatable bonds is 3. The Hall–Kier alpha value is -1.98. The molecular formula is C19H29FN4O. The fourth-order valence-corrected chi connectivity index (χ4v) is 3.82. The molecule has 1 saturated heterocycles. The number of hydrogen-bond donors (Lipinski definition) is 3. The lowest BCUT2D eigenvalue weighted by Gasteiger charge is -2.33. The molecule has 25 heavy (non-hydrogen) atoms. The Morgan fingerprint density at radius 3 is 2.32 bits per heavy atom. The molecule has 6 heteroatoms. The van der Waals surface area contributed by atoms with Crippen LogP contribution in [-0.2, 0) is 0 Å². The largest absolute Gasteiger partial charge is 0.397 e. The fourth-order valence-electron chi connectivity index (χ4n) is 3.82. The molecule has 2 fully saturated rings. The van der Waals surface area contributed by atoms with Gasteiger partial charge >= 0.3 is 0 Å². The van der Waals surface area contributed by atoms with E-state index in [4.69, 9.17) is 11.5 Å². The van der Waals surface area contributed by atoms with Crippen LogP contribution in [0, 0.1) is 5.92 Å². The minimum Gasteiger partial charge on any atom is -0.397 e. The summed E-state index contributed by atoms with van der Waals surface area (Å²) < 4.78 is 13.5. The van der Waals surface area contributed by atoms with Gasteiger partial charge in [0.15, 0.2) is 0 Å². The first-order chi connectivity index (χ1) is 11.9. The first kappa shape index (κ1) is 17.8. The van der Waals surface area contributed by atoms with Crippen LogP contribution >= 0.6 is 0 Å². The first-order valence-electron chi connectivity index (χ1n) is 9.33. The third kappa shape index (κ3) is 4.17. The van der Waals surface area contributed by atoms with Crippen molar-refractivity contribution >= 4 is 23.0 Å². The van der Waals surface area contributed by atoms with Gasteiger partial charge in [0.25, 0.3) is 5.91 Å². The molecule has 0 unspecified atom stereocenters. The van der Waals surface area contributed by atoms with Crippen molar-refractivity contribution < 1.29 is 9.18 Å². The molecule has 5 N–H and O–H groups in total. The number of benzene rings is 1. The second-order valence-electron chi connectivity index (χ2n) is 7.59. The molecule has 0 spiro atoms. The van der Waals surface area contributed by atoms with E-state index in [1.165, 1.54) is 0 Å². The van der Waals surface area contributed by atoms with Crippen molar-refractivity contribution in [2.45, 2.75) is 57.7 Å². The van der Waals surface area contributed by atoms with Gasteiger partial charge in [-0.1, -0.05) is 6.92 Å². The number of nitrogens with two attached hydrogens (primary N) is 2. The molecular weight excluding hydrogens is 319 g/mol. The minimum absolute atomic E-state index is 0.108. The normalized spacial score (nSPS) is 25.0. The predicted molar refractivity (Wildman–Crippen MR) is 100 cm³/mol. The molecule has 3 rings (SSSR count). The number of halogens is 1. The molecule has 138 valence electrons. The van der Waals surface area contributed by atoms with Gasteiger partial charge in [0.05, 0.1) is 22.6 Å². The van der Waals surface area contributed by atoms with Crippen LogP contribution in [-0.4, -0.2) is 31.2 Å². The smallest absolute Gasteiger partial charge is 0.253 e. The summed E-state index contributed by atoms with van der Waals surface area (Å²) in [6, 6.07) is 3.63. The number of nitrogens with one attached hydrogen (secondary N) is 1. The number of nitrogen functional groups attached to an aromatic ring is 2. The Morgan fingerprint density at radius 1 is 1.08 bits per heavy atom. The van der Waals surface area contributed by atoms with Crippen molar-refractivity contribution in [1.82, 2.24) is 5.32 Å². The quantitative estimate of drug-likeness (QED) is 0.733. The van der Waals surface area contributed by atoms with Crippen LogP contribution in [0.25, 0.3) is 0 Å². The summed E-state index contributed by atoms with van der Waals surface area (Å²) in [5.41, 5.74) is 14.1. The topological polar surface area (TPSA) is 84.4 Å². The Labute approximate surface area is 148 Å². The van der Waals surface area contributed by atoms with Crippen LogP contribution in [0.15, 0.2) is 12.1 Å². The third-order valence-corrected chi connectivity index (χ3v) is 5.56. The molecule has 0 bridgehead atoms. The lowest BCUT2D eigenvalue weighted by atomic mass is 9.87. The third-order valence-electron chi connectivity index (χ3n) is 5.56. The van der Waals surface area contributed by atoms with E-state index in [1.807, 2.05) is 4.90 Å². The standard InChI is InChI=1S/C19H29FN4O/c1-12-2-4-14(5-3-12)23-19(25)15-10-16(21)17(22)11-18(15)24-8-6-13(20)7-9-24/h10-14H,2-9,21-22H2,1H3,(H,23,25)/t12-,14-. The molecule has 1 aliphatic heterocycles. The van der Waals surface area contributed by atoms with Crippen LogP contribution in [0.1, 0.15) is 55.8 Å². The molecule has 2 aliphatic rings. The number of hydrogen-bond acceptors (Lipinski definition) is 4. The predicted octanol–water partition coefficient (Wildman–Crippen LogP) is 3.10. The summed E-state index contributed by atoms with van der Waals surface area (Å²) in [7, 11) is 0. The number of amides is 1. The Balaban J connectivity index is 1.79. The van der Waals surface area contributed by atoms with E-state index in [-0.39, 0.29) is 11.9 Å². The zero-order chi connectivity index (χ0) is 18.0. The molecule has 0 radical (unpaired) electrons. The zero-order valence-electron chi connectivity index (χ0n) is 14.9. The maximum Gasteiger partial charge on any atom is 0.253 e. The highest BCUT2D eigenvalue weighted by Crippen LogP contribution is 2.31. The zero-order valence-corrected chi connectivity index (χ0v) is 14.9. The molecule has 1 saturated carbocycles. The van der Waals surface area contributed by atoms with Crippen molar-refractivity contribution in [2.75, 3.05) is 29.5 Å². The van der Waals surface area contributed by atoms with E-state index >= 15 is 0 Å². The molecule has 0 atom stereocenters. The lowest BCUT2D eigenvalue weighted by Crippen LogP contribution is -2.39. The summed E-state index contributed by atoms with van der Waals surface area (Å²) in [5, 5.41) is 3.15.